The Morgan fingerprint density at radius 3 is 2.36 bits per heavy atom. The third-order valence-electron chi connectivity index (χ3n) is 2.15. The number of hydrogen-bond donors (Lipinski definition) is 1. The van der Waals surface area contributed by atoms with Gasteiger partial charge in [0.1, 0.15) is 0 Å². The number of nitrogens with one attached hydrogen (secondary N) is 1. The highest BCUT2D eigenvalue weighted by Crippen LogP contribution is 2.26. The van der Waals surface area contributed by atoms with Crippen molar-refractivity contribution in [2.75, 3.05) is 12.3 Å². The summed E-state index contributed by atoms with van der Waals surface area (Å²) in [6, 6.07) is 0. The van der Waals surface area contributed by atoms with Crippen LogP contribution in [0.2, 0.25) is 0 Å². The Hall–Kier alpha value is -0.510. The van der Waals surface area contributed by atoms with Gasteiger partial charge in [0.15, 0.2) is 5.12 Å². The van der Waals surface area contributed by atoms with Crippen molar-refractivity contribution in [1.82, 2.24) is 5.32 Å². The SMILES string of the molecule is CCC(C)(C)C(=O)SCCNC(C)=O. The number of carbonyl (C=O) groups excluding carboxylic acids is 2. The molecule has 0 heterocycles. The summed E-state index contributed by atoms with van der Waals surface area (Å²) in [5, 5.41) is 2.86. The van der Waals surface area contributed by atoms with E-state index in [1.54, 1.807) is 0 Å². The Kier molecular flexibility index (Phi) is 5.84. The van der Waals surface area contributed by atoms with Crippen molar-refractivity contribution in [3.63, 3.8) is 0 Å². The fourth-order valence-electron chi connectivity index (χ4n) is 0.710. The maximum absolute atomic E-state index is 11.6. The van der Waals surface area contributed by atoms with Gasteiger partial charge in [0.2, 0.25) is 5.91 Å². The van der Waals surface area contributed by atoms with Crippen LogP contribution in [0.15, 0.2) is 0 Å². The quantitative estimate of drug-likeness (QED) is 0.714. The summed E-state index contributed by atoms with van der Waals surface area (Å²) in [6.07, 6.45) is 0.846. The lowest BCUT2D eigenvalue weighted by Crippen LogP contribution is -2.25. The monoisotopic (exact) mass is 217 g/mol. The molecule has 0 spiro atoms. The largest absolute Gasteiger partial charge is 0.356 e. The van der Waals surface area contributed by atoms with Gasteiger partial charge in [-0.1, -0.05) is 32.5 Å². The molecule has 0 bridgehead atoms. The number of carbonyl (C=O) groups is 2. The van der Waals surface area contributed by atoms with E-state index in [4.69, 9.17) is 0 Å². The van der Waals surface area contributed by atoms with Gasteiger partial charge in [-0.05, 0) is 6.42 Å². The molecule has 4 heteroatoms. The maximum Gasteiger partial charge on any atom is 0.216 e. The first kappa shape index (κ1) is 13.5. The summed E-state index contributed by atoms with van der Waals surface area (Å²) in [5.74, 6) is 0.606. The van der Waals surface area contributed by atoms with Gasteiger partial charge in [-0.2, -0.15) is 0 Å². The highest BCUT2D eigenvalue weighted by Gasteiger charge is 2.24. The first-order valence-electron chi connectivity index (χ1n) is 4.82. The zero-order valence-electron chi connectivity index (χ0n) is 9.35. The van der Waals surface area contributed by atoms with E-state index in [-0.39, 0.29) is 16.4 Å². The minimum Gasteiger partial charge on any atom is -0.356 e. The average molecular weight is 217 g/mol. The normalized spacial score (nSPS) is 11.1. The second-order valence-electron chi connectivity index (χ2n) is 3.86. The molecule has 0 aromatic heterocycles. The molecule has 0 aliphatic rings. The zero-order valence-corrected chi connectivity index (χ0v) is 10.2. The van der Waals surface area contributed by atoms with E-state index in [1.807, 2.05) is 20.8 Å². The van der Waals surface area contributed by atoms with Crippen LogP contribution in [0.3, 0.4) is 0 Å². The molecule has 0 aliphatic heterocycles. The summed E-state index contributed by atoms with van der Waals surface area (Å²) in [5.41, 5.74) is -0.249. The highest BCUT2D eigenvalue weighted by atomic mass is 32.2. The molecule has 1 amide bonds. The zero-order chi connectivity index (χ0) is 11.2. The lowest BCUT2D eigenvalue weighted by atomic mass is 9.92. The van der Waals surface area contributed by atoms with E-state index in [2.05, 4.69) is 5.32 Å². The van der Waals surface area contributed by atoms with Gasteiger partial charge in [0, 0.05) is 24.6 Å². The average Bonchev–Trinajstić information content (AvgIpc) is 2.11. The number of hydrogen-bond acceptors (Lipinski definition) is 3. The molecule has 0 saturated heterocycles. The molecule has 3 nitrogen and oxygen atoms in total. The van der Waals surface area contributed by atoms with Gasteiger partial charge < -0.3 is 5.32 Å². The molecular weight excluding hydrogens is 198 g/mol. The first-order chi connectivity index (χ1) is 6.40. The van der Waals surface area contributed by atoms with E-state index in [0.717, 1.165) is 6.42 Å². The van der Waals surface area contributed by atoms with Crippen LogP contribution < -0.4 is 5.32 Å². The number of thioether (sulfide) groups is 1. The Morgan fingerprint density at radius 1 is 1.36 bits per heavy atom. The van der Waals surface area contributed by atoms with Crippen molar-refractivity contribution in [3.05, 3.63) is 0 Å². The van der Waals surface area contributed by atoms with Gasteiger partial charge in [0.25, 0.3) is 0 Å². The molecule has 0 radical (unpaired) electrons. The molecule has 0 aliphatic carbocycles. The van der Waals surface area contributed by atoms with E-state index in [1.165, 1.54) is 18.7 Å². The van der Waals surface area contributed by atoms with Crippen LogP contribution in [0.5, 0.6) is 0 Å². The Morgan fingerprint density at radius 2 is 1.93 bits per heavy atom. The first-order valence-corrected chi connectivity index (χ1v) is 5.80. The van der Waals surface area contributed by atoms with Gasteiger partial charge in [-0.25, -0.2) is 0 Å². The molecule has 0 aromatic rings. The van der Waals surface area contributed by atoms with Crippen molar-refractivity contribution in [2.45, 2.75) is 34.1 Å². The lowest BCUT2D eigenvalue weighted by molar-refractivity contribution is -0.119. The molecule has 0 unspecified atom stereocenters. The van der Waals surface area contributed by atoms with Crippen LogP contribution in [0, 0.1) is 5.41 Å². The maximum atomic E-state index is 11.6. The van der Waals surface area contributed by atoms with Gasteiger partial charge in [-0.3, -0.25) is 9.59 Å². The molecule has 14 heavy (non-hydrogen) atoms. The van der Waals surface area contributed by atoms with E-state index >= 15 is 0 Å². The second kappa shape index (κ2) is 6.06. The molecular formula is C10H19NO2S. The fraction of sp³-hybridized carbons (Fsp3) is 0.800. The van der Waals surface area contributed by atoms with Gasteiger partial charge in [-0.15, -0.1) is 0 Å². The van der Waals surface area contributed by atoms with E-state index in [0.29, 0.717) is 12.3 Å². The van der Waals surface area contributed by atoms with E-state index < -0.39 is 0 Å². The van der Waals surface area contributed by atoms with Crippen molar-refractivity contribution in [3.8, 4) is 0 Å². The van der Waals surface area contributed by atoms with Gasteiger partial charge >= 0.3 is 0 Å². The van der Waals surface area contributed by atoms with Crippen LogP contribution in [0.25, 0.3) is 0 Å². The Balaban J connectivity index is 3.70. The summed E-state index contributed by atoms with van der Waals surface area (Å²) in [6.45, 7) is 7.93. The van der Waals surface area contributed by atoms with Crippen molar-refractivity contribution in [1.29, 1.82) is 0 Å². The molecule has 82 valence electrons. The second-order valence-corrected chi connectivity index (χ2v) is 4.92. The Labute approximate surface area is 90.0 Å². The number of rotatable bonds is 5. The predicted molar refractivity (Wildman–Crippen MR) is 60.2 cm³/mol. The van der Waals surface area contributed by atoms with Gasteiger partial charge in [0.05, 0.1) is 0 Å². The van der Waals surface area contributed by atoms with Crippen LogP contribution in [-0.2, 0) is 9.59 Å². The Bertz CT molecular complexity index is 214. The van der Waals surface area contributed by atoms with Crippen molar-refractivity contribution >= 4 is 22.8 Å². The molecule has 0 rings (SSSR count). The molecule has 0 aromatic carbocycles. The van der Waals surface area contributed by atoms with Crippen LogP contribution in [0.1, 0.15) is 34.1 Å². The topological polar surface area (TPSA) is 46.2 Å². The fourth-order valence-corrected chi connectivity index (χ4v) is 1.64. The van der Waals surface area contributed by atoms with Crippen molar-refractivity contribution < 1.29 is 9.59 Å². The third-order valence-corrected chi connectivity index (χ3v) is 3.37. The van der Waals surface area contributed by atoms with Crippen LogP contribution >= 0.6 is 11.8 Å². The van der Waals surface area contributed by atoms with Crippen LogP contribution in [-0.4, -0.2) is 23.3 Å². The minimum atomic E-state index is -0.249. The minimum absolute atomic E-state index is 0.0483. The summed E-state index contributed by atoms with van der Waals surface area (Å²) < 4.78 is 0. The van der Waals surface area contributed by atoms with E-state index in [9.17, 15) is 9.59 Å². The molecule has 0 saturated carbocycles. The summed E-state index contributed by atoms with van der Waals surface area (Å²) in [7, 11) is 0. The smallest absolute Gasteiger partial charge is 0.216 e. The molecule has 1 N–H and O–H groups in total. The predicted octanol–water partition coefficient (Wildman–Crippen LogP) is 1.82. The third kappa shape index (κ3) is 5.27. The number of amides is 1. The van der Waals surface area contributed by atoms with Crippen LogP contribution in [0.4, 0.5) is 0 Å². The molecule has 0 atom stereocenters. The lowest BCUT2D eigenvalue weighted by Gasteiger charge is -2.19. The summed E-state index contributed by atoms with van der Waals surface area (Å²) in [4.78, 5) is 22.1. The summed E-state index contributed by atoms with van der Waals surface area (Å²) >= 11 is 1.30. The highest BCUT2D eigenvalue weighted by molar-refractivity contribution is 8.13. The molecule has 0 fully saturated rings. The van der Waals surface area contributed by atoms with Crippen molar-refractivity contribution in [2.24, 2.45) is 5.41 Å². The standard InChI is InChI=1S/C10H19NO2S/c1-5-10(3,4)9(13)14-7-6-11-8(2)12/h5-7H2,1-4H3,(H,11,12).